The number of hydrogen-bond acceptors (Lipinski definition) is 5. The van der Waals surface area contributed by atoms with Gasteiger partial charge in [0.05, 0.1) is 11.4 Å². The van der Waals surface area contributed by atoms with Crippen LogP contribution in [0.3, 0.4) is 0 Å². The first kappa shape index (κ1) is 12.9. The van der Waals surface area contributed by atoms with E-state index >= 15 is 0 Å². The van der Waals surface area contributed by atoms with Gasteiger partial charge in [0.25, 0.3) is 0 Å². The molecule has 0 saturated heterocycles. The molecule has 0 saturated carbocycles. The zero-order chi connectivity index (χ0) is 14.0. The van der Waals surface area contributed by atoms with Gasteiger partial charge in [-0.05, 0) is 32.9 Å². The Morgan fingerprint density at radius 1 is 1.21 bits per heavy atom. The summed E-state index contributed by atoms with van der Waals surface area (Å²) in [6.07, 6.45) is 1.30. The van der Waals surface area contributed by atoms with E-state index in [1.807, 2.05) is 26.0 Å². The van der Waals surface area contributed by atoms with E-state index < -0.39 is 5.97 Å². The third-order valence-corrected chi connectivity index (χ3v) is 2.62. The maximum Gasteiger partial charge on any atom is 0.341 e. The average Bonchev–Trinajstić information content (AvgIpc) is 2.32. The van der Waals surface area contributed by atoms with E-state index in [9.17, 15) is 4.79 Å². The highest BCUT2D eigenvalue weighted by atomic mass is 16.4. The molecule has 19 heavy (non-hydrogen) atoms. The van der Waals surface area contributed by atoms with Crippen molar-refractivity contribution in [2.24, 2.45) is 0 Å². The number of aromatic carboxylic acids is 1. The lowest BCUT2D eigenvalue weighted by Crippen LogP contribution is -2.08. The lowest BCUT2D eigenvalue weighted by Gasteiger charge is -2.11. The van der Waals surface area contributed by atoms with Crippen LogP contribution in [0.15, 0.2) is 18.3 Å². The minimum absolute atomic E-state index is 0.0329. The molecular formula is C13H14N4O2. The first-order chi connectivity index (χ1) is 8.97. The van der Waals surface area contributed by atoms with E-state index in [4.69, 9.17) is 5.11 Å². The SMILES string of the molecule is Cc1ccc(Nc2nc(C)ncc2C(=O)O)c(C)n1. The first-order valence-electron chi connectivity index (χ1n) is 5.75. The second kappa shape index (κ2) is 5.01. The summed E-state index contributed by atoms with van der Waals surface area (Å²) in [5.41, 5.74) is 2.45. The largest absolute Gasteiger partial charge is 0.477 e. The number of hydrogen-bond donors (Lipinski definition) is 2. The van der Waals surface area contributed by atoms with Crippen LogP contribution in [0.25, 0.3) is 0 Å². The maximum absolute atomic E-state index is 11.1. The zero-order valence-electron chi connectivity index (χ0n) is 10.9. The van der Waals surface area contributed by atoms with Crippen LogP contribution in [-0.4, -0.2) is 26.0 Å². The molecule has 0 bridgehead atoms. The summed E-state index contributed by atoms with van der Waals surface area (Å²) in [6.45, 7) is 5.45. The minimum Gasteiger partial charge on any atom is -0.477 e. The molecule has 0 amide bonds. The molecule has 0 unspecified atom stereocenters. The van der Waals surface area contributed by atoms with Crippen LogP contribution in [0.5, 0.6) is 0 Å². The van der Waals surface area contributed by atoms with Crippen LogP contribution in [-0.2, 0) is 0 Å². The third kappa shape index (κ3) is 2.85. The number of pyridine rings is 1. The second-order valence-electron chi connectivity index (χ2n) is 4.20. The van der Waals surface area contributed by atoms with Crippen molar-refractivity contribution in [3.05, 3.63) is 41.1 Å². The van der Waals surface area contributed by atoms with Crippen molar-refractivity contribution in [3.8, 4) is 0 Å². The van der Waals surface area contributed by atoms with Gasteiger partial charge in [-0.2, -0.15) is 0 Å². The van der Waals surface area contributed by atoms with Crippen molar-refractivity contribution in [2.75, 3.05) is 5.32 Å². The zero-order valence-corrected chi connectivity index (χ0v) is 10.9. The van der Waals surface area contributed by atoms with E-state index in [2.05, 4.69) is 20.3 Å². The van der Waals surface area contributed by atoms with Gasteiger partial charge in [-0.15, -0.1) is 0 Å². The van der Waals surface area contributed by atoms with Gasteiger partial charge in [-0.25, -0.2) is 14.8 Å². The Bertz CT molecular complexity index is 641. The van der Waals surface area contributed by atoms with Crippen molar-refractivity contribution in [1.82, 2.24) is 15.0 Å². The molecule has 0 fully saturated rings. The number of carboxylic acid groups (broad SMARTS) is 1. The van der Waals surface area contributed by atoms with Crippen molar-refractivity contribution >= 4 is 17.5 Å². The van der Waals surface area contributed by atoms with Crippen molar-refractivity contribution in [1.29, 1.82) is 0 Å². The molecule has 98 valence electrons. The average molecular weight is 258 g/mol. The van der Waals surface area contributed by atoms with Gasteiger partial charge in [-0.3, -0.25) is 4.98 Å². The molecule has 6 nitrogen and oxygen atoms in total. The van der Waals surface area contributed by atoms with Crippen LogP contribution in [0.2, 0.25) is 0 Å². The molecule has 2 N–H and O–H groups in total. The van der Waals surface area contributed by atoms with Gasteiger partial charge in [0.1, 0.15) is 17.2 Å². The predicted molar refractivity (Wildman–Crippen MR) is 70.7 cm³/mol. The van der Waals surface area contributed by atoms with Gasteiger partial charge in [-0.1, -0.05) is 0 Å². The molecule has 2 aromatic rings. The Kier molecular flexibility index (Phi) is 3.41. The Morgan fingerprint density at radius 2 is 1.95 bits per heavy atom. The van der Waals surface area contributed by atoms with Crippen LogP contribution < -0.4 is 5.32 Å². The number of carboxylic acids is 1. The molecule has 2 heterocycles. The van der Waals surface area contributed by atoms with Gasteiger partial charge >= 0.3 is 5.97 Å². The Morgan fingerprint density at radius 3 is 2.58 bits per heavy atom. The Balaban J connectivity index is 2.42. The Hall–Kier alpha value is -2.50. The molecular weight excluding hydrogens is 244 g/mol. The second-order valence-corrected chi connectivity index (χ2v) is 4.20. The number of aryl methyl sites for hydroxylation is 3. The quantitative estimate of drug-likeness (QED) is 0.877. The van der Waals surface area contributed by atoms with Crippen LogP contribution in [0.4, 0.5) is 11.5 Å². The summed E-state index contributed by atoms with van der Waals surface area (Å²) in [5, 5.41) is 12.1. The van der Waals surface area contributed by atoms with Crippen molar-refractivity contribution < 1.29 is 9.90 Å². The summed E-state index contributed by atoms with van der Waals surface area (Å²) < 4.78 is 0. The summed E-state index contributed by atoms with van der Waals surface area (Å²) in [4.78, 5) is 23.5. The topological polar surface area (TPSA) is 88.0 Å². The summed E-state index contributed by atoms with van der Waals surface area (Å²) >= 11 is 0. The first-order valence-corrected chi connectivity index (χ1v) is 5.75. The number of nitrogens with one attached hydrogen (secondary N) is 1. The minimum atomic E-state index is -1.07. The lowest BCUT2D eigenvalue weighted by molar-refractivity contribution is 0.0697. The molecule has 0 aliphatic heterocycles. The highest BCUT2D eigenvalue weighted by molar-refractivity contribution is 5.93. The summed E-state index contributed by atoms with van der Waals surface area (Å²) in [7, 11) is 0. The fraction of sp³-hybridized carbons (Fsp3) is 0.231. The summed E-state index contributed by atoms with van der Waals surface area (Å²) in [6, 6.07) is 3.70. The molecule has 0 radical (unpaired) electrons. The number of anilines is 2. The third-order valence-electron chi connectivity index (χ3n) is 2.62. The van der Waals surface area contributed by atoms with Crippen molar-refractivity contribution in [2.45, 2.75) is 20.8 Å². The van der Waals surface area contributed by atoms with Crippen LogP contribution >= 0.6 is 0 Å². The molecule has 0 atom stereocenters. The number of nitrogens with zero attached hydrogens (tertiary/aromatic N) is 3. The molecule has 0 aliphatic carbocycles. The number of carbonyl (C=O) groups is 1. The number of aromatic nitrogens is 3. The van der Waals surface area contributed by atoms with Gasteiger partial charge in [0.2, 0.25) is 0 Å². The van der Waals surface area contributed by atoms with Gasteiger partial charge in [0.15, 0.2) is 0 Å². The van der Waals surface area contributed by atoms with Gasteiger partial charge in [0, 0.05) is 11.9 Å². The lowest BCUT2D eigenvalue weighted by atomic mass is 10.2. The van der Waals surface area contributed by atoms with E-state index in [1.165, 1.54) is 6.20 Å². The van der Waals surface area contributed by atoms with E-state index in [0.717, 1.165) is 17.1 Å². The van der Waals surface area contributed by atoms with Crippen LogP contribution in [0.1, 0.15) is 27.6 Å². The molecule has 0 spiro atoms. The molecule has 2 aromatic heterocycles. The molecule has 2 rings (SSSR count). The van der Waals surface area contributed by atoms with E-state index in [1.54, 1.807) is 6.92 Å². The molecule has 6 heteroatoms. The molecule has 0 aliphatic rings. The standard InChI is InChI=1S/C13H14N4O2/c1-7-4-5-11(8(2)15-7)17-12-10(13(18)19)6-14-9(3)16-12/h4-6H,1-3H3,(H,18,19)(H,14,16,17). The maximum atomic E-state index is 11.1. The van der Waals surface area contributed by atoms with Crippen LogP contribution in [0, 0.1) is 20.8 Å². The number of rotatable bonds is 3. The monoisotopic (exact) mass is 258 g/mol. The normalized spacial score (nSPS) is 10.3. The van der Waals surface area contributed by atoms with E-state index in [0.29, 0.717) is 5.82 Å². The predicted octanol–water partition coefficient (Wildman–Crippen LogP) is 2.24. The molecule has 0 aromatic carbocycles. The highest BCUT2D eigenvalue weighted by Gasteiger charge is 2.13. The highest BCUT2D eigenvalue weighted by Crippen LogP contribution is 2.21. The van der Waals surface area contributed by atoms with Crippen molar-refractivity contribution in [3.63, 3.8) is 0 Å². The van der Waals surface area contributed by atoms with Gasteiger partial charge < -0.3 is 10.4 Å². The summed E-state index contributed by atoms with van der Waals surface area (Å²) in [5.74, 6) is -0.292. The van der Waals surface area contributed by atoms with E-state index in [-0.39, 0.29) is 11.4 Å². The smallest absolute Gasteiger partial charge is 0.341 e. The fourth-order valence-corrected chi connectivity index (χ4v) is 1.67. The Labute approximate surface area is 110 Å². The fourth-order valence-electron chi connectivity index (χ4n) is 1.67.